The molecule has 0 radical (unpaired) electrons. The number of hydrogen-bond acceptors (Lipinski definition) is 2. The Hall–Kier alpha value is -1.62. The summed E-state index contributed by atoms with van der Waals surface area (Å²) >= 11 is 0. The lowest BCUT2D eigenvalue weighted by molar-refractivity contribution is 1.14. The normalized spacial score (nSPS) is 10.0. The Labute approximate surface area is 72.2 Å². The second-order valence-electron chi connectivity index (χ2n) is 2.36. The molecule has 0 fully saturated rings. The minimum absolute atomic E-state index is 0.684. The molecule has 12 heavy (non-hydrogen) atoms. The Bertz CT molecular complexity index is 304. The van der Waals surface area contributed by atoms with Crippen molar-refractivity contribution < 1.29 is 0 Å². The highest BCUT2D eigenvalue weighted by molar-refractivity contribution is 5.79. The summed E-state index contributed by atoms with van der Waals surface area (Å²) < 4.78 is 0. The van der Waals surface area contributed by atoms with Gasteiger partial charge in [0.25, 0.3) is 0 Å². The van der Waals surface area contributed by atoms with Gasteiger partial charge in [-0.05, 0) is 24.6 Å². The van der Waals surface area contributed by atoms with Gasteiger partial charge in [-0.25, -0.2) is 0 Å². The quantitative estimate of drug-likeness (QED) is 0.606. The van der Waals surface area contributed by atoms with Crippen LogP contribution in [-0.4, -0.2) is 12.8 Å². The van der Waals surface area contributed by atoms with Crippen LogP contribution in [0.4, 0.5) is 0 Å². The Morgan fingerprint density at radius 3 is 2.58 bits per heavy atom. The fourth-order valence-electron chi connectivity index (χ4n) is 0.840. The molecule has 2 heteroatoms. The van der Waals surface area contributed by atoms with Crippen molar-refractivity contribution >= 4 is 6.21 Å². The van der Waals surface area contributed by atoms with Crippen LogP contribution in [0.3, 0.4) is 0 Å². The first-order valence-electron chi connectivity index (χ1n) is 3.87. The third-order valence-electron chi connectivity index (χ3n) is 1.46. The molecule has 1 rings (SSSR count). The minimum Gasteiger partial charge on any atom is -0.293 e. The van der Waals surface area contributed by atoms with Crippen molar-refractivity contribution in [3.63, 3.8) is 0 Å². The summed E-state index contributed by atoms with van der Waals surface area (Å²) in [6.07, 6.45) is 1.81. The highest BCUT2D eigenvalue weighted by Crippen LogP contribution is 2.00. The van der Waals surface area contributed by atoms with Gasteiger partial charge in [-0.2, -0.15) is 5.26 Å². The molecule has 1 aromatic carbocycles. The molecule has 0 aliphatic heterocycles. The largest absolute Gasteiger partial charge is 0.293 e. The predicted molar refractivity (Wildman–Crippen MR) is 49.3 cm³/mol. The number of aliphatic imine (C=N–C) groups is 1. The maximum atomic E-state index is 8.52. The third kappa shape index (κ3) is 2.21. The second-order valence-corrected chi connectivity index (χ2v) is 2.36. The van der Waals surface area contributed by atoms with Crippen molar-refractivity contribution in [1.29, 1.82) is 5.26 Å². The van der Waals surface area contributed by atoms with Crippen LogP contribution in [0.5, 0.6) is 0 Å². The Morgan fingerprint density at radius 2 is 2.08 bits per heavy atom. The van der Waals surface area contributed by atoms with Gasteiger partial charge in [-0.15, -0.1) is 0 Å². The predicted octanol–water partition coefficient (Wildman–Crippen LogP) is 2.00. The number of nitrogens with zero attached hydrogens (tertiary/aromatic N) is 2. The lowest BCUT2D eigenvalue weighted by Gasteiger charge is -1.91. The summed E-state index contributed by atoms with van der Waals surface area (Å²) in [6.45, 7) is 2.78. The van der Waals surface area contributed by atoms with Crippen LogP contribution >= 0.6 is 0 Å². The van der Waals surface area contributed by atoms with Crippen LogP contribution in [0.15, 0.2) is 29.3 Å². The van der Waals surface area contributed by atoms with Gasteiger partial charge in [0, 0.05) is 12.8 Å². The standard InChI is InChI=1S/C10H10N2/c1-2-12-8-10-5-3-9(7-11)4-6-10/h3-6,8H,2H2,1H3. The average molecular weight is 158 g/mol. The first-order chi connectivity index (χ1) is 5.86. The molecule has 0 unspecified atom stereocenters. The van der Waals surface area contributed by atoms with Crippen molar-refractivity contribution in [1.82, 2.24) is 0 Å². The Morgan fingerprint density at radius 1 is 1.42 bits per heavy atom. The average Bonchev–Trinajstić information content (AvgIpc) is 2.15. The molecule has 0 saturated carbocycles. The van der Waals surface area contributed by atoms with Gasteiger partial charge in [-0.1, -0.05) is 12.1 Å². The van der Waals surface area contributed by atoms with E-state index in [-0.39, 0.29) is 0 Å². The molecule has 0 amide bonds. The maximum absolute atomic E-state index is 8.52. The number of nitriles is 1. The molecule has 0 spiro atoms. The molecule has 0 bridgehead atoms. The molecular weight excluding hydrogens is 148 g/mol. The van der Waals surface area contributed by atoms with Gasteiger partial charge in [0.1, 0.15) is 0 Å². The first-order valence-corrected chi connectivity index (χ1v) is 3.87. The van der Waals surface area contributed by atoms with E-state index < -0.39 is 0 Å². The molecule has 0 saturated heterocycles. The van der Waals surface area contributed by atoms with E-state index in [2.05, 4.69) is 11.1 Å². The molecule has 0 heterocycles. The van der Waals surface area contributed by atoms with E-state index in [0.29, 0.717) is 5.56 Å². The topological polar surface area (TPSA) is 36.1 Å². The zero-order valence-corrected chi connectivity index (χ0v) is 6.99. The summed E-state index contributed by atoms with van der Waals surface area (Å²) in [7, 11) is 0. The van der Waals surface area contributed by atoms with Crippen LogP contribution in [0, 0.1) is 11.3 Å². The summed E-state index contributed by atoms with van der Waals surface area (Å²) in [4.78, 5) is 4.09. The summed E-state index contributed by atoms with van der Waals surface area (Å²) in [5.41, 5.74) is 1.72. The molecule has 1 aromatic rings. The molecule has 60 valence electrons. The van der Waals surface area contributed by atoms with Crippen LogP contribution in [0.25, 0.3) is 0 Å². The van der Waals surface area contributed by atoms with Crippen LogP contribution in [0.1, 0.15) is 18.1 Å². The van der Waals surface area contributed by atoms with Crippen molar-refractivity contribution in [3.05, 3.63) is 35.4 Å². The van der Waals surface area contributed by atoms with Gasteiger partial charge in [0.2, 0.25) is 0 Å². The molecule has 0 aromatic heterocycles. The summed E-state index contributed by atoms with van der Waals surface area (Å²) in [5.74, 6) is 0. The lowest BCUT2D eigenvalue weighted by Crippen LogP contribution is -1.82. The van der Waals surface area contributed by atoms with E-state index >= 15 is 0 Å². The fourth-order valence-corrected chi connectivity index (χ4v) is 0.840. The summed E-state index contributed by atoms with van der Waals surface area (Å²) in [5, 5.41) is 8.52. The van der Waals surface area contributed by atoms with Gasteiger partial charge < -0.3 is 0 Å². The van der Waals surface area contributed by atoms with E-state index in [9.17, 15) is 0 Å². The SMILES string of the molecule is CCN=Cc1ccc(C#N)cc1. The maximum Gasteiger partial charge on any atom is 0.0991 e. The Balaban J connectivity index is 2.80. The Kier molecular flexibility index (Phi) is 3.04. The third-order valence-corrected chi connectivity index (χ3v) is 1.46. The zero-order valence-electron chi connectivity index (χ0n) is 6.99. The lowest BCUT2D eigenvalue weighted by atomic mass is 10.2. The van der Waals surface area contributed by atoms with Crippen LogP contribution in [-0.2, 0) is 0 Å². The molecule has 0 atom stereocenters. The smallest absolute Gasteiger partial charge is 0.0991 e. The highest BCUT2D eigenvalue weighted by Gasteiger charge is 1.88. The molecule has 0 N–H and O–H groups in total. The van der Waals surface area contributed by atoms with E-state index in [1.54, 1.807) is 18.3 Å². The van der Waals surface area contributed by atoms with Gasteiger partial charge in [0.15, 0.2) is 0 Å². The van der Waals surface area contributed by atoms with E-state index in [1.807, 2.05) is 19.1 Å². The van der Waals surface area contributed by atoms with Crippen LogP contribution < -0.4 is 0 Å². The van der Waals surface area contributed by atoms with Crippen molar-refractivity contribution in [2.45, 2.75) is 6.92 Å². The van der Waals surface area contributed by atoms with Gasteiger partial charge >= 0.3 is 0 Å². The first kappa shape index (κ1) is 8.48. The van der Waals surface area contributed by atoms with Crippen LogP contribution in [0.2, 0.25) is 0 Å². The van der Waals surface area contributed by atoms with E-state index in [0.717, 1.165) is 12.1 Å². The minimum atomic E-state index is 0.684. The van der Waals surface area contributed by atoms with Gasteiger partial charge in [0.05, 0.1) is 11.6 Å². The monoisotopic (exact) mass is 158 g/mol. The fraction of sp³-hybridized carbons (Fsp3) is 0.200. The van der Waals surface area contributed by atoms with Gasteiger partial charge in [-0.3, -0.25) is 4.99 Å². The van der Waals surface area contributed by atoms with E-state index in [1.165, 1.54) is 0 Å². The van der Waals surface area contributed by atoms with Crippen molar-refractivity contribution in [3.8, 4) is 6.07 Å². The number of rotatable bonds is 2. The second kappa shape index (κ2) is 4.30. The van der Waals surface area contributed by atoms with E-state index in [4.69, 9.17) is 5.26 Å². The molecular formula is C10H10N2. The molecule has 0 aliphatic carbocycles. The molecule has 2 nitrogen and oxygen atoms in total. The molecule has 0 aliphatic rings. The summed E-state index contributed by atoms with van der Waals surface area (Å²) in [6, 6.07) is 9.42. The number of hydrogen-bond donors (Lipinski definition) is 0. The highest BCUT2D eigenvalue weighted by atomic mass is 14.7. The van der Waals surface area contributed by atoms with Crippen molar-refractivity contribution in [2.75, 3.05) is 6.54 Å². The zero-order chi connectivity index (χ0) is 8.81. The van der Waals surface area contributed by atoms with Crippen molar-refractivity contribution in [2.24, 2.45) is 4.99 Å². The number of benzene rings is 1.